The number of nitrogens with zero attached hydrogens (tertiary/aromatic N) is 1. The molecule has 2 atom stereocenters. The zero-order chi connectivity index (χ0) is 13.0. The normalized spacial score (nSPS) is 14.2. The van der Waals surface area contributed by atoms with Crippen LogP contribution in [0.1, 0.15) is 24.1 Å². The Morgan fingerprint density at radius 2 is 1.83 bits per heavy atom. The van der Waals surface area contributed by atoms with E-state index >= 15 is 0 Å². The molecule has 0 aliphatic rings. The molecule has 0 amide bonds. The Labute approximate surface area is 113 Å². The maximum absolute atomic E-state index is 6.09. The molecule has 1 aromatic carbocycles. The smallest absolute Gasteiger partial charge is 0.129 e. The van der Waals surface area contributed by atoms with Crippen molar-refractivity contribution in [1.82, 2.24) is 4.98 Å². The summed E-state index contributed by atoms with van der Waals surface area (Å²) >= 11 is 5.91. The maximum Gasteiger partial charge on any atom is 0.129 e. The van der Waals surface area contributed by atoms with Crippen molar-refractivity contribution in [3.05, 3.63) is 64.9 Å². The molecule has 0 radical (unpaired) electrons. The van der Waals surface area contributed by atoms with E-state index in [9.17, 15) is 0 Å². The predicted molar refractivity (Wildman–Crippen MR) is 75.8 cm³/mol. The fraction of sp³-hybridized carbons (Fsp3) is 0.267. The van der Waals surface area contributed by atoms with Crippen molar-refractivity contribution >= 4 is 11.6 Å². The molecule has 3 heteroatoms. The summed E-state index contributed by atoms with van der Waals surface area (Å²) in [6.45, 7) is 2.03. The molecule has 94 valence electrons. The van der Waals surface area contributed by atoms with Gasteiger partial charge >= 0.3 is 0 Å². The summed E-state index contributed by atoms with van der Waals surface area (Å²) in [6, 6.07) is 16.1. The van der Waals surface area contributed by atoms with Crippen molar-refractivity contribution in [1.29, 1.82) is 0 Å². The lowest BCUT2D eigenvalue weighted by molar-refractivity contribution is 0.559. The van der Waals surface area contributed by atoms with Gasteiger partial charge in [-0.2, -0.15) is 0 Å². The molecular weight excluding hydrogens is 244 g/mol. The zero-order valence-electron chi connectivity index (χ0n) is 10.4. The molecule has 0 aliphatic heterocycles. The molecule has 0 aliphatic carbocycles. The molecule has 2 unspecified atom stereocenters. The van der Waals surface area contributed by atoms with Crippen LogP contribution in [0.15, 0.2) is 48.5 Å². The Kier molecular flexibility index (Phi) is 4.34. The second-order valence-corrected chi connectivity index (χ2v) is 4.92. The van der Waals surface area contributed by atoms with Crippen molar-refractivity contribution in [2.45, 2.75) is 25.3 Å². The van der Waals surface area contributed by atoms with Crippen molar-refractivity contribution in [3.8, 4) is 0 Å². The molecule has 0 fully saturated rings. The van der Waals surface area contributed by atoms with E-state index in [0.29, 0.717) is 5.15 Å². The van der Waals surface area contributed by atoms with Gasteiger partial charge in [0.15, 0.2) is 0 Å². The van der Waals surface area contributed by atoms with Crippen molar-refractivity contribution in [3.63, 3.8) is 0 Å². The summed E-state index contributed by atoms with van der Waals surface area (Å²) in [5, 5.41) is 0.531. The van der Waals surface area contributed by atoms with E-state index in [0.717, 1.165) is 12.1 Å². The van der Waals surface area contributed by atoms with Crippen molar-refractivity contribution in [2.24, 2.45) is 5.73 Å². The van der Waals surface area contributed by atoms with Crippen LogP contribution < -0.4 is 5.73 Å². The van der Waals surface area contributed by atoms with E-state index in [1.54, 1.807) is 6.07 Å². The Hall–Kier alpha value is -1.38. The molecule has 2 rings (SSSR count). The van der Waals surface area contributed by atoms with E-state index in [4.69, 9.17) is 17.3 Å². The second-order valence-electron chi connectivity index (χ2n) is 4.53. The van der Waals surface area contributed by atoms with Crippen LogP contribution >= 0.6 is 11.6 Å². The molecule has 0 saturated carbocycles. The van der Waals surface area contributed by atoms with E-state index in [1.165, 1.54) is 5.56 Å². The van der Waals surface area contributed by atoms with Gasteiger partial charge in [0, 0.05) is 17.7 Å². The minimum Gasteiger partial charge on any atom is -0.327 e. The van der Waals surface area contributed by atoms with Gasteiger partial charge < -0.3 is 5.73 Å². The van der Waals surface area contributed by atoms with Gasteiger partial charge in [-0.1, -0.05) is 48.0 Å². The van der Waals surface area contributed by atoms with Gasteiger partial charge in [0.1, 0.15) is 5.15 Å². The van der Waals surface area contributed by atoms with Crippen LogP contribution in [0.4, 0.5) is 0 Å². The summed E-state index contributed by atoms with van der Waals surface area (Å²) in [4.78, 5) is 4.33. The fourth-order valence-electron chi connectivity index (χ4n) is 2.10. The van der Waals surface area contributed by atoms with Gasteiger partial charge in [-0.3, -0.25) is 0 Å². The van der Waals surface area contributed by atoms with E-state index < -0.39 is 0 Å². The fourth-order valence-corrected chi connectivity index (χ4v) is 2.28. The molecule has 2 N–H and O–H groups in total. The largest absolute Gasteiger partial charge is 0.327 e. The Morgan fingerprint density at radius 3 is 2.44 bits per heavy atom. The maximum atomic E-state index is 6.09. The van der Waals surface area contributed by atoms with Gasteiger partial charge in [-0.25, -0.2) is 4.98 Å². The quantitative estimate of drug-likeness (QED) is 0.856. The molecule has 1 heterocycles. The van der Waals surface area contributed by atoms with Crippen LogP contribution in [0.3, 0.4) is 0 Å². The van der Waals surface area contributed by atoms with Crippen molar-refractivity contribution < 1.29 is 0 Å². The summed E-state index contributed by atoms with van der Waals surface area (Å²) in [5.41, 5.74) is 8.32. The Morgan fingerprint density at radius 1 is 1.11 bits per heavy atom. The summed E-state index contributed by atoms with van der Waals surface area (Å²) in [7, 11) is 0. The molecule has 0 spiro atoms. The first-order valence-electron chi connectivity index (χ1n) is 6.09. The second kappa shape index (κ2) is 5.98. The van der Waals surface area contributed by atoms with E-state index in [1.807, 2.05) is 37.3 Å². The molecule has 18 heavy (non-hydrogen) atoms. The molecule has 0 saturated heterocycles. The molecule has 2 nitrogen and oxygen atoms in total. The number of aromatic nitrogens is 1. The lowest BCUT2D eigenvalue weighted by atomic mass is 9.88. The van der Waals surface area contributed by atoms with Gasteiger partial charge in [0.2, 0.25) is 0 Å². The molecule has 0 bridgehead atoms. The SMILES string of the molecule is CC(N)C(Cc1cccc(Cl)n1)c1ccccc1. The van der Waals surface area contributed by atoms with Crippen LogP contribution in [-0.2, 0) is 6.42 Å². The topological polar surface area (TPSA) is 38.9 Å². The number of nitrogens with two attached hydrogens (primary N) is 1. The number of benzene rings is 1. The highest BCUT2D eigenvalue weighted by atomic mass is 35.5. The number of rotatable bonds is 4. The highest BCUT2D eigenvalue weighted by Crippen LogP contribution is 2.23. The standard InChI is InChI=1S/C15H17ClN2/c1-11(17)14(12-6-3-2-4-7-12)10-13-8-5-9-15(16)18-13/h2-9,11,14H,10,17H2,1H3. The van der Waals surface area contributed by atoms with Crippen LogP contribution in [0.5, 0.6) is 0 Å². The van der Waals surface area contributed by atoms with Crippen LogP contribution in [0.2, 0.25) is 5.15 Å². The Balaban J connectivity index is 2.22. The Bertz CT molecular complexity index is 497. The third-order valence-electron chi connectivity index (χ3n) is 3.06. The van der Waals surface area contributed by atoms with Crippen LogP contribution in [0.25, 0.3) is 0 Å². The first-order chi connectivity index (χ1) is 8.66. The summed E-state index contributed by atoms with van der Waals surface area (Å²) in [5.74, 6) is 0.261. The lowest BCUT2D eigenvalue weighted by Crippen LogP contribution is -2.26. The minimum absolute atomic E-state index is 0.0770. The average Bonchev–Trinajstić information content (AvgIpc) is 2.37. The van der Waals surface area contributed by atoms with E-state index in [2.05, 4.69) is 17.1 Å². The van der Waals surface area contributed by atoms with Crippen molar-refractivity contribution in [2.75, 3.05) is 0 Å². The number of halogens is 1. The van der Waals surface area contributed by atoms with Gasteiger partial charge in [-0.15, -0.1) is 0 Å². The van der Waals surface area contributed by atoms with E-state index in [-0.39, 0.29) is 12.0 Å². The lowest BCUT2D eigenvalue weighted by Gasteiger charge is -2.21. The first-order valence-corrected chi connectivity index (χ1v) is 6.46. The number of hydrogen-bond donors (Lipinski definition) is 1. The summed E-state index contributed by atoms with van der Waals surface area (Å²) in [6.07, 6.45) is 0.808. The third-order valence-corrected chi connectivity index (χ3v) is 3.27. The third kappa shape index (κ3) is 3.31. The molecule has 1 aromatic heterocycles. The van der Waals surface area contributed by atoms with Crippen LogP contribution in [0, 0.1) is 0 Å². The molecular formula is C15H17ClN2. The number of pyridine rings is 1. The highest BCUT2D eigenvalue weighted by Gasteiger charge is 2.17. The monoisotopic (exact) mass is 260 g/mol. The van der Waals surface area contributed by atoms with Gasteiger partial charge in [-0.05, 0) is 31.0 Å². The predicted octanol–water partition coefficient (Wildman–Crippen LogP) is 3.41. The zero-order valence-corrected chi connectivity index (χ0v) is 11.1. The average molecular weight is 261 g/mol. The number of hydrogen-bond acceptors (Lipinski definition) is 2. The molecule has 2 aromatic rings. The summed E-state index contributed by atoms with van der Waals surface area (Å²) < 4.78 is 0. The highest BCUT2D eigenvalue weighted by molar-refractivity contribution is 6.29. The van der Waals surface area contributed by atoms with Gasteiger partial charge in [0.05, 0.1) is 0 Å². The minimum atomic E-state index is 0.0770. The first kappa shape index (κ1) is 13.1. The van der Waals surface area contributed by atoms with Gasteiger partial charge in [0.25, 0.3) is 0 Å². The van der Waals surface area contributed by atoms with Crippen LogP contribution in [-0.4, -0.2) is 11.0 Å².